The second-order valence-electron chi connectivity index (χ2n) is 8.91. The predicted molar refractivity (Wildman–Crippen MR) is 127 cm³/mol. The van der Waals surface area contributed by atoms with Gasteiger partial charge in [0, 0.05) is 19.0 Å². The number of nitrogens with zero attached hydrogens (tertiary/aromatic N) is 6. The molecule has 186 valence electrons. The van der Waals surface area contributed by atoms with Gasteiger partial charge >= 0.3 is 0 Å². The lowest BCUT2D eigenvalue weighted by Gasteiger charge is -2.28. The molecule has 2 aromatic heterocycles. The summed E-state index contributed by atoms with van der Waals surface area (Å²) < 4.78 is 35.3. The van der Waals surface area contributed by atoms with Crippen molar-refractivity contribution in [1.29, 1.82) is 0 Å². The Morgan fingerprint density at radius 2 is 1.89 bits per heavy atom. The number of rotatable bonds is 7. The van der Waals surface area contributed by atoms with Gasteiger partial charge in [-0.25, -0.2) is 8.42 Å². The van der Waals surface area contributed by atoms with Gasteiger partial charge in [-0.05, 0) is 50.8 Å². The highest BCUT2D eigenvalue weighted by atomic mass is 32.2. The maximum absolute atomic E-state index is 13.4. The molecule has 35 heavy (non-hydrogen) atoms. The van der Waals surface area contributed by atoms with Crippen molar-refractivity contribution in [3.8, 4) is 17.1 Å². The molecule has 13 heteroatoms. The summed E-state index contributed by atoms with van der Waals surface area (Å²) in [6, 6.07) is 4.15. The van der Waals surface area contributed by atoms with Crippen LogP contribution in [0.5, 0.6) is 5.75 Å². The van der Waals surface area contributed by atoms with Crippen molar-refractivity contribution >= 4 is 15.7 Å². The standard InChI is InChI=1S/C22H27N7O5S/c1-2-34-18-8-7-16(35(32,33)28-11-9-15(27-31)10-12-28)13-17(18)19-23-22(30)21-25-24-20(29(21)26-19)14-5-3-4-6-14/h7-8,13-15H,2-6,9-12H2,1H3,(H,23,26,30). The smallest absolute Gasteiger partial charge is 0.296 e. The van der Waals surface area contributed by atoms with Gasteiger partial charge in [-0.15, -0.1) is 15.3 Å². The van der Waals surface area contributed by atoms with Crippen LogP contribution in [-0.2, 0) is 10.0 Å². The fourth-order valence-electron chi connectivity index (χ4n) is 4.85. The van der Waals surface area contributed by atoms with Crippen LogP contribution in [0, 0.1) is 4.91 Å². The molecule has 2 fully saturated rings. The third-order valence-corrected chi connectivity index (χ3v) is 8.63. The van der Waals surface area contributed by atoms with Crippen molar-refractivity contribution < 1.29 is 13.2 Å². The number of fused-ring (bicyclic) bond motifs is 1. The molecular weight excluding hydrogens is 474 g/mol. The van der Waals surface area contributed by atoms with E-state index in [1.807, 2.05) is 6.92 Å². The lowest BCUT2D eigenvalue weighted by atomic mass is 10.1. The average Bonchev–Trinajstić information content (AvgIpc) is 3.54. The zero-order valence-electron chi connectivity index (χ0n) is 19.4. The number of sulfonamides is 1. The number of aromatic amines is 1. The number of hydrogen-bond acceptors (Lipinski definition) is 9. The monoisotopic (exact) mass is 501 g/mol. The Balaban J connectivity index is 1.58. The third-order valence-electron chi connectivity index (χ3n) is 6.74. The molecule has 1 saturated carbocycles. The largest absolute Gasteiger partial charge is 0.493 e. The maximum Gasteiger partial charge on any atom is 0.296 e. The minimum atomic E-state index is -3.84. The summed E-state index contributed by atoms with van der Waals surface area (Å²) in [6.45, 7) is 2.59. The van der Waals surface area contributed by atoms with E-state index in [0.29, 0.717) is 36.6 Å². The predicted octanol–water partition coefficient (Wildman–Crippen LogP) is 2.46. The Morgan fingerprint density at radius 1 is 1.14 bits per heavy atom. The van der Waals surface area contributed by atoms with E-state index in [1.165, 1.54) is 21.0 Å². The van der Waals surface area contributed by atoms with Gasteiger partial charge in [-0.3, -0.25) is 4.79 Å². The Morgan fingerprint density at radius 3 is 2.57 bits per heavy atom. The van der Waals surface area contributed by atoms with E-state index >= 15 is 0 Å². The molecule has 1 aromatic carbocycles. The quantitative estimate of drug-likeness (QED) is 0.485. The average molecular weight is 502 g/mol. The van der Waals surface area contributed by atoms with Gasteiger partial charge in [0.15, 0.2) is 11.6 Å². The fourth-order valence-corrected chi connectivity index (χ4v) is 6.35. The molecule has 0 spiro atoms. The zero-order chi connectivity index (χ0) is 24.6. The van der Waals surface area contributed by atoms with Crippen LogP contribution in [0.2, 0.25) is 0 Å². The van der Waals surface area contributed by atoms with Crippen LogP contribution in [0.15, 0.2) is 33.1 Å². The first-order valence-corrected chi connectivity index (χ1v) is 13.3. The van der Waals surface area contributed by atoms with Gasteiger partial charge in [-0.1, -0.05) is 18.0 Å². The van der Waals surface area contributed by atoms with Crippen LogP contribution < -0.4 is 10.3 Å². The highest BCUT2D eigenvalue weighted by Crippen LogP contribution is 2.34. The van der Waals surface area contributed by atoms with Crippen molar-refractivity contribution in [3.05, 3.63) is 39.3 Å². The van der Waals surface area contributed by atoms with Crippen LogP contribution in [0.4, 0.5) is 0 Å². The first-order chi connectivity index (χ1) is 16.9. The van der Waals surface area contributed by atoms with E-state index in [9.17, 15) is 18.1 Å². The minimum absolute atomic E-state index is 0.0518. The molecule has 5 rings (SSSR count). The summed E-state index contributed by atoms with van der Waals surface area (Å²) in [4.78, 5) is 26.4. The molecule has 0 radical (unpaired) electrons. The zero-order valence-corrected chi connectivity index (χ0v) is 20.2. The normalized spacial score (nSPS) is 18.3. The number of nitrogens with one attached hydrogen (secondary N) is 1. The van der Waals surface area contributed by atoms with Gasteiger partial charge < -0.3 is 9.72 Å². The van der Waals surface area contributed by atoms with E-state index in [-0.39, 0.29) is 41.4 Å². The lowest BCUT2D eigenvalue weighted by Crippen LogP contribution is -2.39. The maximum atomic E-state index is 13.4. The Kier molecular flexibility index (Phi) is 6.36. The molecule has 12 nitrogen and oxygen atoms in total. The van der Waals surface area contributed by atoms with Crippen molar-refractivity contribution in [2.75, 3.05) is 19.7 Å². The Hall–Kier alpha value is -3.19. The molecule has 1 aliphatic carbocycles. The summed E-state index contributed by atoms with van der Waals surface area (Å²) >= 11 is 0. The van der Waals surface area contributed by atoms with Crippen LogP contribution in [-0.4, -0.2) is 63.3 Å². The second kappa shape index (κ2) is 9.46. The van der Waals surface area contributed by atoms with E-state index in [1.54, 1.807) is 6.07 Å². The summed E-state index contributed by atoms with van der Waals surface area (Å²) in [6.07, 6.45) is 4.86. The molecule has 3 aromatic rings. The molecule has 1 N–H and O–H groups in total. The second-order valence-corrected chi connectivity index (χ2v) is 10.8. The van der Waals surface area contributed by atoms with E-state index in [4.69, 9.17) is 4.74 Å². The number of benzene rings is 1. The van der Waals surface area contributed by atoms with Crippen molar-refractivity contribution in [1.82, 2.24) is 29.1 Å². The molecule has 1 saturated heterocycles. The van der Waals surface area contributed by atoms with Gasteiger partial charge in [0.25, 0.3) is 5.56 Å². The minimum Gasteiger partial charge on any atom is -0.493 e. The van der Waals surface area contributed by atoms with Gasteiger partial charge in [-0.2, -0.15) is 13.7 Å². The van der Waals surface area contributed by atoms with Crippen LogP contribution >= 0.6 is 0 Å². The molecule has 0 atom stereocenters. The Labute approximate surface area is 201 Å². The SMILES string of the molecule is CCOc1ccc(S(=O)(=O)N2CCC(N=O)CC2)cc1-c1nn2c(C3CCCC3)nnc2c(=O)[nH]1. The van der Waals surface area contributed by atoms with E-state index in [0.717, 1.165) is 25.7 Å². The van der Waals surface area contributed by atoms with E-state index < -0.39 is 15.6 Å². The van der Waals surface area contributed by atoms with E-state index in [2.05, 4.69) is 25.5 Å². The third kappa shape index (κ3) is 4.33. The molecule has 1 aliphatic heterocycles. The van der Waals surface area contributed by atoms with Crippen LogP contribution in [0.1, 0.15) is 57.2 Å². The number of ether oxygens (including phenoxy) is 1. The summed E-state index contributed by atoms with van der Waals surface area (Å²) in [5, 5.41) is 15.9. The van der Waals surface area contributed by atoms with Crippen molar-refractivity contribution in [3.63, 3.8) is 0 Å². The molecule has 0 bridgehead atoms. The topological polar surface area (TPSA) is 152 Å². The molecule has 0 amide bonds. The van der Waals surface area contributed by atoms with Crippen LogP contribution in [0.25, 0.3) is 17.0 Å². The van der Waals surface area contributed by atoms with Crippen molar-refractivity contribution in [2.24, 2.45) is 5.18 Å². The first-order valence-electron chi connectivity index (χ1n) is 11.9. The van der Waals surface area contributed by atoms with Crippen LogP contribution in [0.3, 0.4) is 0 Å². The molecule has 3 heterocycles. The van der Waals surface area contributed by atoms with Gasteiger partial charge in [0.1, 0.15) is 5.75 Å². The molecule has 2 aliphatic rings. The molecule has 0 unspecified atom stereocenters. The number of piperidine rings is 1. The van der Waals surface area contributed by atoms with Gasteiger partial charge in [0.05, 0.1) is 23.1 Å². The highest BCUT2D eigenvalue weighted by molar-refractivity contribution is 7.89. The highest BCUT2D eigenvalue weighted by Gasteiger charge is 2.31. The fraction of sp³-hybridized carbons (Fsp3) is 0.545. The lowest BCUT2D eigenvalue weighted by molar-refractivity contribution is 0.320. The first kappa shape index (κ1) is 23.5. The molecular formula is C22H27N7O5S. The number of H-pyrrole nitrogens is 1. The van der Waals surface area contributed by atoms with Crippen molar-refractivity contribution in [2.45, 2.75) is 62.3 Å². The summed E-state index contributed by atoms with van der Waals surface area (Å²) in [5.41, 5.74) is -0.0163. The number of hydrogen-bond donors (Lipinski definition) is 1. The van der Waals surface area contributed by atoms with Gasteiger partial charge in [0.2, 0.25) is 15.7 Å². The summed E-state index contributed by atoms with van der Waals surface area (Å²) in [5.74, 6) is 1.38. The summed E-state index contributed by atoms with van der Waals surface area (Å²) in [7, 11) is -3.84. The number of aromatic nitrogens is 5. The number of nitroso groups, excluding NO2 is 1. The Bertz CT molecular complexity index is 1400.